The number of nitrogens with one attached hydrogen (secondary N) is 1. The van der Waals surface area contributed by atoms with Crippen molar-refractivity contribution in [1.29, 1.82) is 0 Å². The Balaban J connectivity index is 1.83. The third-order valence-electron chi connectivity index (χ3n) is 4.90. The van der Waals surface area contributed by atoms with Crippen molar-refractivity contribution >= 4 is 27.5 Å². The lowest BCUT2D eigenvalue weighted by atomic mass is 9.89. The van der Waals surface area contributed by atoms with Crippen LogP contribution in [0.4, 0.5) is 18.9 Å². The number of nitrogens with zero attached hydrogens (tertiary/aromatic N) is 1. The number of amides is 1. The molecule has 2 heterocycles. The summed E-state index contributed by atoms with van der Waals surface area (Å²) in [6, 6.07) is 11.7. The van der Waals surface area contributed by atoms with Crippen molar-refractivity contribution in [3.05, 3.63) is 52.5 Å². The molecule has 0 radical (unpaired) electrons. The summed E-state index contributed by atoms with van der Waals surface area (Å²) in [5.74, 6) is -0.705. The van der Waals surface area contributed by atoms with Crippen LogP contribution in [0, 0.1) is 0 Å². The zero-order chi connectivity index (χ0) is 19.2. The molecular weight excluding hydrogens is 425 g/mol. The van der Waals surface area contributed by atoms with Gasteiger partial charge in [-0.25, -0.2) is 0 Å². The van der Waals surface area contributed by atoms with Crippen LogP contribution < -0.4 is 15.0 Å². The summed E-state index contributed by atoms with van der Waals surface area (Å²) < 4.78 is 45.4. The van der Waals surface area contributed by atoms with Crippen molar-refractivity contribution in [3.8, 4) is 11.5 Å². The highest BCUT2D eigenvalue weighted by atomic mass is 79.9. The van der Waals surface area contributed by atoms with Crippen LogP contribution in [0.5, 0.6) is 11.5 Å². The minimum absolute atomic E-state index is 0.455. The highest BCUT2D eigenvalue weighted by Crippen LogP contribution is 2.50. The molecule has 8 heteroatoms. The fourth-order valence-electron chi connectivity index (χ4n) is 3.83. The van der Waals surface area contributed by atoms with Gasteiger partial charge in [0.05, 0.1) is 17.8 Å². The van der Waals surface area contributed by atoms with Crippen LogP contribution in [0.25, 0.3) is 0 Å². The van der Waals surface area contributed by atoms with Gasteiger partial charge in [-0.05, 0) is 47.0 Å². The highest BCUT2D eigenvalue weighted by Gasteiger charge is 2.44. The maximum Gasteiger partial charge on any atom is 0.471 e. The van der Waals surface area contributed by atoms with E-state index in [4.69, 9.17) is 4.74 Å². The van der Waals surface area contributed by atoms with Crippen LogP contribution in [-0.4, -0.2) is 24.7 Å². The van der Waals surface area contributed by atoms with E-state index in [2.05, 4.69) is 21.2 Å². The molecule has 2 aliphatic heterocycles. The first kappa shape index (κ1) is 18.2. The van der Waals surface area contributed by atoms with Crippen LogP contribution in [0.2, 0.25) is 0 Å². The minimum Gasteiger partial charge on any atom is -0.455 e. The van der Waals surface area contributed by atoms with Crippen LogP contribution in [-0.2, 0) is 4.79 Å². The second-order valence-electron chi connectivity index (χ2n) is 6.58. The van der Waals surface area contributed by atoms with E-state index in [9.17, 15) is 18.0 Å². The third-order valence-corrected chi connectivity index (χ3v) is 5.54. The van der Waals surface area contributed by atoms with Crippen molar-refractivity contribution in [1.82, 2.24) is 5.32 Å². The number of piperidine rings is 1. The molecule has 0 saturated carbocycles. The molecule has 0 spiro atoms. The Morgan fingerprint density at radius 2 is 1.89 bits per heavy atom. The smallest absolute Gasteiger partial charge is 0.455 e. The summed E-state index contributed by atoms with van der Waals surface area (Å²) in [6.07, 6.45) is -3.80. The summed E-state index contributed by atoms with van der Waals surface area (Å²) in [5.41, 5.74) is 1.54. The number of carbonyl (C=O) groups is 1. The molecule has 0 unspecified atom stereocenters. The number of alkyl halides is 3. The number of fused-ring (bicyclic) bond motifs is 5. The van der Waals surface area contributed by atoms with Crippen LogP contribution in [0.1, 0.15) is 24.4 Å². The van der Waals surface area contributed by atoms with Gasteiger partial charge < -0.3 is 15.0 Å². The molecule has 142 valence electrons. The topological polar surface area (TPSA) is 41.6 Å². The Morgan fingerprint density at radius 1 is 1.15 bits per heavy atom. The van der Waals surface area contributed by atoms with Crippen LogP contribution in [0.15, 0.2) is 46.9 Å². The summed E-state index contributed by atoms with van der Waals surface area (Å²) >= 11 is 3.54. The van der Waals surface area contributed by atoms with Crippen LogP contribution >= 0.6 is 15.9 Å². The molecular formula is C19H16BrF3N2O2. The van der Waals surface area contributed by atoms with Crippen molar-refractivity contribution < 1.29 is 22.7 Å². The van der Waals surface area contributed by atoms with Crippen LogP contribution in [0.3, 0.4) is 0 Å². The number of hydrogen-bond acceptors (Lipinski definition) is 3. The number of carbonyl (C=O) groups excluding carboxylic acids is 1. The molecule has 0 aliphatic carbocycles. The van der Waals surface area contributed by atoms with Gasteiger partial charge in [-0.15, -0.1) is 0 Å². The first-order valence-corrected chi connectivity index (χ1v) is 9.35. The quantitative estimate of drug-likeness (QED) is 0.682. The second-order valence-corrected chi connectivity index (χ2v) is 7.44. The molecule has 1 amide bonds. The van der Waals surface area contributed by atoms with E-state index in [1.54, 1.807) is 6.07 Å². The average Bonchev–Trinajstić information content (AvgIpc) is 2.76. The van der Waals surface area contributed by atoms with Gasteiger partial charge in [-0.3, -0.25) is 4.79 Å². The van der Waals surface area contributed by atoms with Gasteiger partial charge in [0.2, 0.25) is 0 Å². The van der Waals surface area contributed by atoms with E-state index < -0.39 is 24.2 Å². The third kappa shape index (κ3) is 3.26. The Labute approximate surface area is 162 Å². The number of para-hydroxylation sites is 2. The molecule has 2 aromatic carbocycles. The summed E-state index contributed by atoms with van der Waals surface area (Å²) in [5, 5.41) is 2.20. The predicted molar refractivity (Wildman–Crippen MR) is 98.0 cm³/mol. The van der Waals surface area contributed by atoms with Gasteiger partial charge in [-0.1, -0.05) is 24.3 Å². The van der Waals surface area contributed by atoms with E-state index in [1.165, 1.54) is 0 Å². The molecule has 0 bridgehead atoms. The van der Waals surface area contributed by atoms with Gasteiger partial charge in [0.15, 0.2) is 5.75 Å². The van der Waals surface area contributed by atoms with E-state index >= 15 is 0 Å². The zero-order valence-corrected chi connectivity index (χ0v) is 15.7. The van der Waals surface area contributed by atoms with Crippen molar-refractivity contribution in [3.63, 3.8) is 0 Å². The molecule has 4 nitrogen and oxygen atoms in total. The highest BCUT2D eigenvalue weighted by molar-refractivity contribution is 9.10. The summed E-state index contributed by atoms with van der Waals surface area (Å²) in [7, 11) is 0. The van der Waals surface area contributed by atoms with Crippen molar-refractivity contribution in [2.24, 2.45) is 0 Å². The normalized spacial score (nSPS) is 21.3. The van der Waals surface area contributed by atoms with Crippen molar-refractivity contribution in [2.45, 2.75) is 31.1 Å². The maximum atomic E-state index is 12.8. The molecule has 1 saturated heterocycles. The molecule has 0 aromatic heterocycles. The summed E-state index contributed by atoms with van der Waals surface area (Å²) in [6.45, 7) is 0.649. The Morgan fingerprint density at radius 3 is 2.67 bits per heavy atom. The number of halogens is 4. The lowest BCUT2D eigenvalue weighted by Crippen LogP contribution is -2.52. The lowest BCUT2D eigenvalue weighted by Gasteiger charge is -2.42. The standard InChI is InChI=1S/C19H16BrF3N2O2/c20-12-6-3-9-15-17(12)25-10-4-7-13(24-18(26)19(21,22)23)16(25)11-5-1-2-8-14(11)27-15/h1-3,5-6,8-9,13,16H,4,7,10H2,(H,24,26)/t13-,16-/m0/s1. The summed E-state index contributed by atoms with van der Waals surface area (Å²) in [4.78, 5) is 13.6. The molecule has 2 atom stereocenters. The van der Waals surface area contributed by atoms with E-state index in [0.717, 1.165) is 15.7 Å². The molecule has 1 N–H and O–H groups in total. The SMILES string of the molecule is O=C(N[C@H]1CCCN2c3c(Br)cccc3Oc3ccccc3[C@@H]12)C(F)(F)F. The minimum atomic E-state index is -4.92. The fraction of sp³-hybridized carbons (Fsp3) is 0.316. The van der Waals surface area contributed by atoms with E-state index in [1.807, 2.05) is 41.3 Å². The molecule has 1 fully saturated rings. The fourth-order valence-corrected chi connectivity index (χ4v) is 4.40. The second kappa shape index (κ2) is 6.74. The number of rotatable bonds is 1. The van der Waals surface area contributed by atoms with E-state index in [0.29, 0.717) is 30.9 Å². The lowest BCUT2D eigenvalue weighted by molar-refractivity contribution is -0.174. The average molecular weight is 441 g/mol. The number of anilines is 1. The molecule has 2 aromatic rings. The molecule has 27 heavy (non-hydrogen) atoms. The largest absolute Gasteiger partial charge is 0.471 e. The first-order valence-electron chi connectivity index (χ1n) is 8.56. The first-order chi connectivity index (χ1) is 12.9. The van der Waals surface area contributed by atoms with Gasteiger partial charge in [-0.2, -0.15) is 13.2 Å². The van der Waals surface area contributed by atoms with Gasteiger partial charge in [0.1, 0.15) is 5.75 Å². The number of hydrogen-bond donors (Lipinski definition) is 1. The van der Waals surface area contributed by atoms with Gasteiger partial charge in [0.25, 0.3) is 0 Å². The molecule has 2 aliphatic rings. The Kier molecular flexibility index (Phi) is 4.53. The number of benzene rings is 2. The zero-order valence-electron chi connectivity index (χ0n) is 14.1. The monoisotopic (exact) mass is 440 g/mol. The number of ether oxygens (including phenoxy) is 1. The van der Waals surface area contributed by atoms with Crippen molar-refractivity contribution in [2.75, 3.05) is 11.4 Å². The Hall–Kier alpha value is -2.22. The predicted octanol–water partition coefficient (Wildman–Crippen LogP) is 4.94. The Bertz CT molecular complexity index is 887. The maximum absolute atomic E-state index is 12.8. The van der Waals surface area contributed by atoms with Gasteiger partial charge in [0, 0.05) is 16.6 Å². The van der Waals surface area contributed by atoms with Gasteiger partial charge >= 0.3 is 12.1 Å². The molecule has 4 rings (SSSR count). The van der Waals surface area contributed by atoms with E-state index in [-0.39, 0.29) is 0 Å².